The number of ether oxygens (including phenoxy) is 1. The van der Waals surface area contributed by atoms with Gasteiger partial charge in [-0.05, 0) is 11.1 Å². The molecule has 15 heavy (non-hydrogen) atoms. The summed E-state index contributed by atoms with van der Waals surface area (Å²) >= 11 is 0. The topological polar surface area (TPSA) is 46.5 Å². The van der Waals surface area contributed by atoms with Crippen LogP contribution in [0.15, 0.2) is 24.3 Å². The second kappa shape index (κ2) is 6.71. The molecule has 0 aromatic heterocycles. The Kier molecular flexibility index (Phi) is 5.53. The zero-order chi connectivity index (χ0) is 11.1. The number of hydrogen-bond donors (Lipinski definition) is 1. The molecular formula is C11H16O3S. The largest absolute Gasteiger partial charge is 0.392 e. The lowest BCUT2D eigenvalue weighted by Crippen LogP contribution is -2.06. The van der Waals surface area contributed by atoms with Gasteiger partial charge in [0.25, 0.3) is 0 Å². The summed E-state index contributed by atoms with van der Waals surface area (Å²) in [4.78, 5) is 0. The Bertz CT molecular complexity index is 308. The molecule has 1 aromatic carbocycles. The molecule has 0 fully saturated rings. The lowest BCUT2D eigenvalue weighted by atomic mass is 10.2. The highest BCUT2D eigenvalue weighted by molar-refractivity contribution is 7.84. The molecule has 1 rings (SSSR count). The predicted molar refractivity (Wildman–Crippen MR) is 61.0 cm³/mol. The third-order valence-corrected chi connectivity index (χ3v) is 3.33. The van der Waals surface area contributed by atoms with Crippen LogP contribution < -0.4 is 0 Å². The number of methoxy groups -OCH3 is 1. The first kappa shape index (κ1) is 12.4. The summed E-state index contributed by atoms with van der Waals surface area (Å²) in [5, 5.41) is 8.85. The van der Waals surface area contributed by atoms with Crippen molar-refractivity contribution in [1.29, 1.82) is 0 Å². The minimum atomic E-state index is -0.867. The monoisotopic (exact) mass is 228 g/mol. The number of benzene rings is 1. The molecule has 0 saturated carbocycles. The Morgan fingerprint density at radius 1 is 1.27 bits per heavy atom. The van der Waals surface area contributed by atoms with Gasteiger partial charge in [0.05, 0.1) is 13.2 Å². The van der Waals surface area contributed by atoms with Crippen LogP contribution in [0.3, 0.4) is 0 Å². The molecule has 0 spiro atoms. The van der Waals surface area contributed by atoms with Crippen molar-refractivity contribution >= 4 is 10.8 Å². The zero-order valence-corrected chi connectivity index (χ0v) is 9.63. The van der Waals surface area contributed by atoms with Crippen LogP contribution in [-0.4, -0.2) is 28.8 Å². The minimum absolute atomic E-state index is 0.0487. The SMILES string of the molecule is COCCS(=O)Cc1ccc(CO)cc1. The third kappa shape index (κ3) is 4.55. The fraction of sp³-hybridized carbons (Fsp3) is 0.455. The van der Waals surface area contributed by atoms with Crippen LogP contribution in [0, 0.1) is 0 Å². The van der Waals surface area contributed by atoms with Gasteiger partial charge in [0, 0.05) is 29.4 Å². The van der Waals surface area contributed by atoms with E-state index in [1.807, 2.05) is 24.3 Å². The van der Waals surface area contributed by atoms with Crippen LogP contribution in [-0.2, 0) is 27.9 Å². The van der Waals surface area contributed by atoms with E-state index in [1.54, 1.807) is 7.11 Å². The minimum Gasteiger partial charge on any atom is -0.392 e. The van der Waals surface area contributed by atoms with Crippen LogP contribution >= 0.6 is 0 Å². The molecule has 4 heteroatoms. The molecule has 0 bridgehead atoms. The maximum atomic E-state index is 11.5. The average Bonchev–Trinajstić information content (AvgIpc) is 2.27. The van der Waals surface area contributed by atoms with E-state index in [1.165, 1.54) is 0 Å². The van der Waals surface area contributed by atoms with Gasteiger partial charge in [0.15, 0.2) is 0 Å². The van der Waals surface area contributed by atoms with Gasteiger partial charge in [-0.15, -0.1) is 0 Å². The van der Waals surface area contributed by atoms with Gasteiger partial charge >= 0.3 is 0 Å². The molecule has 3 nitrogen and oxygen atoms in total. The normalized spacial score (nSPS) is 12.7. The smallest absolute Gasteiger partial charge is 0.0681 e. The standard InChI is InChI=1S/C11H16O3S/c1-14-6-7-15(13)9-11-4-2-10(8-12)3-5-11/h2-5,12H,6-9H2,1H3. The molecule has 0 aliphatic heterocycles. The van der Waals surface area contributed by atoms with E-state index in [2.05, 4.69) is 0 Å². The van der Waals surface area contributed by atoms with E-state index in [4.69, 9.17) is 9.84 Å². The summed E-state index contributed by atoms with van der Waals surface area (Å²) in [5.41, 5.74) is 1.91. The van der Waals surface area contributed by atoms with Gasteiger partial charge in [0.2, 0.25) is 0 Å². The van der Waals surface area contributed by atoms with Crippen molar-refractivity contribution in [2.24, 2.45) is 0 Å². The van der Waals surface area contributed by atoms with E-state index in [0.29, 0.717) is 18.1 Å². The second-order valence-corrected chi connectivity index (χ2v) is 4.83. The number of hydrogen-bond acceptors (Lipinski definition) is 3. The highest BCUT2D eigenvalue weighted by atomic mass is 32.2. The van der Waals surface area contributed by atoms with Gasteiger partial charge in [-0.1, -0.05) is 24.3 Å². The Hall–Kier alpha value is -0.710. The summed E-state index contributed by atoms with van der Waals surface area (Å²) in [6.45, 7) is 0.578. The first-order valence-electron chi connectivity index (χ1n) is 4.79. The molecule has 1 N–H and O–H groups in total. The van der Waals surface area contributed by atoms with E-state index < -0.39 is 10.8 Å². The summed E-state index contributed by atoms with van der Waals surface area (Å²) < 4.78 is 16.4. The maximum Gasteiger partial charge on any atom is 0.0681 e. The van der Waals surface area contributed by atoms with Crippen LogP contribution in [0.5, 0.6) is 0 Å². The van der Waals surface area contributed by atoms with E-state index in [0.717, 1.165) is 11.1 Å². The zero-order valence-electron chi connectivity index (χ0n) is 8.81. The molecular weight excluding hydrogens is 212 g/mol. The van der Waals surface area contributed by atoms with Crippen molar-refractivity contribution in [3.05, 3.63) is 35.4 Å². The molecule has 84 valence electrons. The summed E-state index contributed by atoms with van der Waals surface area (Å²) in [5.74, 6) is 1.12. The average molecular weight is 228 g/mol. The van der Waals surface area contributed by atoms with Crippen molar-refractivity contribution in [2.75, 3.05) is 19.5 Å². The second-order valence-electron chi connectivity index (χ2n) is 3.26. The van der Waals surface area contributed by atoms with Crippen molar-refractivity contribution in [2.45, 2.75) is 12.4 Å². The van der Waals surface area contributed by atoms with Crippen LogP contribution in [0.1, 0.15) is 11.1 Å². The fourth-order valence-corrected chi connectivity index (χ4v) is 2.24. The Labute approximate surface area is 92.5 Å². The fourth-order valence-electron chi connectivity index (χ4n) is 1.18. The van der Waals surface area contributed by atoms with Crippen LogP contribution in [0.2, 0.25) is 0 Å². The molecule has 0 heterocycles. The van der Waals surface area contributed by atoms with Crippen molar-refractivity contribution in [1.82, 2.24) is 0 Å². The molecule has 0 radical (unpaired) electrons. The quantitative estimate of drug-likeness (QED) is 0.792. The summed E-state index contributed by atoms with van der Waals surface area (Å²) in [7, 11) is 0.737. The molecule has 1 unspecified atom stereocenters. The molecule has 1 atom stereocenters. The van der Waals surface area contributed by atoms with Gasteiger partial charge in [-0.2, -0.15) is 0 Å². The lowest BCUT2D eigenvalue weighted by molar-refractivity contribution is 0.218. The summed E-state index contributed by atoms with van der Waals surface area (Å²) in [6.07, 6.45) is 0. The lowest BCUT2D eigenvalue weighted by Gasteiger charge is -2.03. The maximum absolute atomic E-state index is 11.5. The Morgan fingerprint density at radius 2 is 1.87 bits per heavy atom. The molecule has 0 amide bonds. The molecule has 0 aliphatic rings. The van der Waals surface area contributed by atoms with Crippen molar-refractivity contribution in [3.8, 4) is 0 Å². The third-order valence-electron chi connectivity index (χ3n) is 2.05. The van der Waals surface area contributed by atoms with Gasteiger partial charge in [-0.3, -0.25) is 4.21 Å². The molecule has 1 aromatic rings. The number of rotatable bonds is 6. The van der Waals surface area contributed by atoms with E-state index in [9.17, 15) is 4.21 Å². The van der Waals surface area contributed by atoms with Crippen LogP contribution in [0.4, 0.5) is 0 Å². The first-order valence-corrected chi connectivity index (χ1v) is 6.27. The van der Waals surface area contributed by atoms with Crippen LogP contribution in [0.25, 0.3) is 0 Å². The van der Waals surface area contributed by atoms with Crippen molar-refractivity contribution < 1.29 is 14.1 Å². The van der Waals surface area contributed by atoms with Crippen molar-refractivity contribution in [3.63, 3.8) is 0 Å². The van der Waals surface area contributed by atoms with E-state index >= 15 is 0 Å². The first-order chi connectivity index (χ1) is 7.26. The van der Waals surface area contributed by atoms with E-state index in [-0.39, 0.29) is 6.61 Å². The predicted octanol–water partition coefficient (Wildman–Crippen LogP) is 1.07. The van der Waals surface area contributed by atoms with Gasteiger partial charge in [0.1, 0.15) is 0 Å². The number of aliphatic hydroxyl groups excluding tert-OH is 1. The highest BCUT2D eigenvalue weighted by Gasteiger charge is 2.01. The molecule has 0 saturated heterocycles. The molecule has 0 aliphatic carbocycles. The Balaban J connectivity index is 2.46. The Morgan fingerprint density at radius 3 is 2.40 bits per heavy atom. The van der Waals surface area contributed by atoms with Gasteiger partial charge < -0.3 is 9.84 Å². The highest BCUT2D eigenvalue weighted by Crippen LogP contribution is 2.07. The summed E-state index contributed by atoms with van der Waals surface area (Å²) in [6, 6.07) is 7.50. The van der Waals surface area contributed by atoms with Gasteiger partial charge in [-0.25, -0.2) is 0 Å². The number of aliphatic hydroxyl groups is 1.